The Morgan fingerprint density at radius 2 is 1.66 bits per heavy atom. The molecule has 5 aromatic rings. The second-order valence-corrected chi connectivity index (χ2v) is 15.7. The average molecular weight is 832 g/mol. The third kappa shape index (κ3) is 11.1. The minimum atomic E-state index is -0.938. The van der Waals surface area contributed by atoms with Gasteiger partial charge in [0.15, 0.2) is 0 Å². The molecular weight excluding hydrogens is 798 g/mol. The van der Waals surface area contributed by atoms with E-state index < -0.39 is 17.0 Å². The molecule has 0 saturated carbocycles. The zero-order valence-corrected chi connectivity index (χ0v) is 33.5. The van der Waals surface area contributed by atoms with Crippen LogP contribution in [0.2, 0.25) is 0 Å². The van der Waals surface area contributed by atoms with E-state index in [0.717, 1.165) is 54.0 Å². The molecule has 10 nitrogen and oxygen atoms in total. The number of fused-ring (bicyclic) bond motifs is 1. The summed E-state index contributed by atoms with van der Waals surface area (Å²) in [5.41, 5.74) is 6.89. The van der Waals surface area contributed by atoms with Crippen molar-refractivity contribution in [3.63, 3.8) is 0 Å². The SMILES string of the molecule is COc1ccc(OC(=O)CCCO[N+](=O)[O-])c(C(=O)Oc2ccc(-c3cc(=S)ss3)cc2)c1.CSc1ccc(/C=C2/C(C)=C(CC=O)c3cc(F)ccc32)cc1. The quantitative estimate of drug-likeness (QED) is 0.0122. The summed E-state index contributed by atoms with van der Waals surface area (Å²) in [6.45, 7) is 1.76. The summed E-state index contributed by atoms with van der Waals surface area (Å²) in [5.74, 6) is -1.04. The number of methoxy groups -OCH3 is 1. The average Bonchev–Trinajstić information content (AvgIpc) is 3.74. The van der Waals surface area contributed by atoms with Crippen LogP contribution in [0.3, 0.4) is 0 Å². The van der Waals surface area contributed by atoms with Crippen molar-refractivity contribution in [3.05, 3.63) is 139 Å². The van der Waals surface area contributed by atoms with E-state index >= 15 is 0 Å². The van der Waals surface area contributed by atoms with Crippen LogP contribution in [0.1, 0.15) is 53.2 Å². The summed E-state index contributed by atoms with van der Waals surface area (Å²) in [5, 5.41) is 9.22. The van der Waals surface area contributed by atoms with E-state index in [-0.39, 0.29) is 36.6 Å². The Kier molecular flexibility index (Phi) is 14.8. The van der Waals surface area contributed by atoms with E-state index in [1.54, 1.807) is 40.3 Å². The molecule has 1 heterocycles. The van der Waals surface area contributed by atoms with Crippen molar-refractivity contribution >= 4 is 80.1 Å². The summed E-state index contributed by atoms with van der Waals surface area (Å²) in [6, 6.07) is 26.3. The highest BCUT2D eigenvalue weighted by Crippen LogP contribution is 2.43. The number of aldehydes is 1. The molecule has 0 N–H and O–H groups in total. The van der Waals surface area contributed by atoms with Gasteiger partial charge in [0, 0.05) is 22.6 Å². The maximum Gasteiger partial charge on any atom is 0.347 e. The molecule has 1 aliphatic rings. The van der Waals surface area contributed by atoms with Crippen LogP contribution >= 0.6 is 44.7 Å². The number of nitrogens with zero attached hydrogens (tertiary/aromatic N) is 1. The van der Waals surface area contributed by atoms with Crippen molar-refractivity contribution in [1.82, 2.24) is 0 Å². The number of hydrogen-bond donors (Lipinski definition) is 0. The Labute approximate surface area is 338 Å². The van der Waals surface area contributed by atoms with Gasteiger partial charge in [-0.1, -0.05) is 51.1 Å². The van der Waals surface area contributed by atoms with E-state index in [0.29, 0.717) is 17.9 Å². The lowest BCUT2D eigenvalue weighted by Gasteiger charge is -2.12. The van der Waals surface area contributed by atoms with Crippen LogP contribution in [-0.4, -0.2) is 43.3 Å². The van der Waals surface area contributed by atoms with Gasteiger partial charge in [0.25, 0.3) is 5.09 Å². The molecule has 0 fully saturated rings. The normalized spacial score (nSPS) is 12.3. The smallest absolute Gasteiger partial charge is 0.347 e. The van der Waals surface area contributed by atoms with Crippen molar-refractivity contribution < 1.29 is 42.9 Å². The van der Waals surface area contributed by atoms with Crippen LogP contribution in [0.25, 0.3) is 27.7 Å². The predicted octanol–water partition coefficient (Wildman–Crippen LogP) is 10.8. The van der Waals surface area contributed by atoms with Crippen LogP contribution in [0, 0.1) is 19.8 Å². The molecule has 0 radical (unpaired) electrons. The first kappa shape index (κ1) is 41.7. The second-order valence-electron chi connectivity index (χ2n) is 11.9. The van der Waals surface area contributed by atoms with Gasteiger partial charge in [-0.2, -0.15) is 0 Å². The van der Waals surface area contributed by atoms with Gasteiger partial charge in [0.2, 0.25) is 0 Å². The summed E-state index contributed by atoms with van der Waals surface area (Å²) >= 11 is 6.86. The van der Waals surface area contributed by atoms with Gasteiger partial charge in [-0.05, 0) is 137 Å². The Hall–Kier alpha value is -5.48. The van der Waals surface area contributed by atoms with Crippen LogP contribution in [0.5, 0.6) is 17.2 Å². The maximum atomic E-state index is 13.6. The molecule has 56 heavy (non-hydrogen) atoms. The fraction of sp³-hybridized carbons (Fsp3) is 0.171. The largest absolute Gasteiger partial charge is 0.497 e. The zero-order chi connectivity index (χ0) is 40.2. The molecule has 0 saturated heterocycles. The number of halogens is 1. The van der Waals surface area contributed by atoms with Gasteiger partial charge in [-0.3, -0.25) is 4.79 Å². The fourth-order valence-corrected chi connectivity index (χ4v) is 8.41. The van der Waals surface area contributed by atoms with Crippen LogP contribution in [0.4, 0.5) is 4.39 Å². The van der Waals surface area contributed by atoms with Crippen LogP contribution < -0.4 is 14.2 Å². The minimum Gasteiger partial charge on any atom is -0.497 e. The number of thioether (sulfide) groups is 1. The highest BCUT2D eigenvalue weighted by atomic mass is 32.9. The van der Waals surface area contributed by atoms with E-state index in [1.165, 1.54) is 52.7 Å². The van der Waals surface area contributed by atoms with Crippen molar-refractivity contribution in [2.24, 2.45) is 0 Å². The van der Waals surface area contributed by atoms with Gasteiger partial charge in [-0.15, -0.1) is 21.9 Å². The number of hydrogen-bond acceptors (Lipinski definition) is 13. The number of ether oxygens (including phenoxy) is 3. The lowest BCUT2D eigenvalue weighted by Crippen LogP contribution is -2.15. The molecule has 15 heteroatoms. The summed E-state index contributed by atoms with van der Waals surface area (Å²) < 4.78 is 30.3. The molecule has 0 spiro atoms. The highest BCUT2D eigenvalue weighted by molar-refractivity contribution is 7.98. The molecule has 6 rings (SSSR count). The molecular formula is C41H34FNO9S4. The second kappa shape index (κ2) is 19.9. The number of benzene rings is 4. The van der Waals surface area contributed by atoms with E-state index in [4.69, 9.17) is 26.4 Å². The van der Waals surface area contributed by atoms with Crippen molar-refractivity contribution in [1.29, 1.82) is 0 Å². The fourth-order valence-electron chi connectivity index (χ4n) is 5.60. The van der Waals surface area contributed by atoms with Gasteiger partial charge < -0.3 is 23.8 Å². The Morgan fingerprint density at radius 1 is 0.929 bits per heavy atom. The summed E-state index contributed by atoms with van der Waals surface area (Å²) in [7, 11) is 4.51. The molecule has 0 amide bonds. The first-order valence-electron chi connectivity index (χ1n) is 16.9. The van der Waals surface area contributed by atoms with Crippen LogP contribution in [0.15, 0.2) is 101 Å². The molecule has 0 unspecified atom stereocenters. The molecule has 0 aliphatic heterocycles. The van der Waals surface area contributed by atoms with E-state index in [1.807, 2.05) is 31.4 Å². The van der Waals surface area contributed by atoms with Gasteiger partial charge in [0.1, 0.15) is 38.7 Å². The van der Waals surface area contributed by atoms with Gasteiger partial charge >= 0.3 is 11.9 Å². The number of allylic oxidation sites excluding steroid dienone is 3. The van der Waals surface area contributed by atoms with Crippen LogP contribution in [-0.2, 0) is 14.4 Å². The molecule has 1 aliphatic carbocycles. The summed E-state index contributed by atoms with van der Waals surface area (Å²) in [4.78, 5) is 52.4. The van der Waals surface area contributed by atoms with Crippen molar-refractivity contribution in [2.45, 2.75) is 31.1 Å². The van der Waals surface area contributed by atoms with Gasteiger partial charge in [0.05, 0.1) is 13.7 Å². The van der Waals surface area contributed by atoms with Crippen molar-refractivity contribution in [2.75, 3.05) is 20.0 Å². The monoisotopic (exact) mass is 831 g/mol. The lowest BCUT2D eigenvalue weighted by atomic mass is 10.0. The molecule has 4 aromatic carbocycles. The van der Waals surface area contributed by atoms with E-state index in [2.05, 4.69) is 35.2 Å². The first-order valence-corrected chi connectivity index (χ1v) is 20.7. The molecule has 0 bridgehead atoms. The standard InChI is InChI=1S/C21H17NO8S3.C20H17FOS/c1-27-15-8-9-17(30-19(23)3-2-10-28-22(25)26)16(11-15)21(24)29-14-6-4-13(5-7-14)18-12-20(31)33-32-18;1-13-17(9-10-22)20-12-15(21)5-8-18(20)19(13)11-14-3-6-16(23-2)7-4-14/h4-9,11-12H,2-3,10H2,1H3;3-8,10-12H,9H2,1-2H3/b;19-11-. The molecule has 1 aromatic heterocycles. The van der Waals surface area contributed by atoms with E-state index in [9.17, 15) is 28.9 Å². The first-order chi connectivity index (χ1) is 27.0. The highest BCUT2D eigenvalue weighted by Gasteiger charge is 2.24. The molecule has 288 valence electrons. The minimum absolute atomic E-state index is 0.0101. The van der Waals surface area contributed by atoms with Gasteiger partial charge in [-0.25, -0.2) is 9.18 Å². The number of rotatable bonds is 14. The Bertz CT molecular complexity index is 2350. The Morgan fingerprint density at radius 3 is 2.30 bits per heavy atom. The third-order valence-corrected chi connectivity index (χ3v) is 12.0. The summed E-state index contributed by atoms with van der Waals surface area (Å²) in [6.07, 6.45) is 5.29. The predicted molar refractivity (Wildman–Crippen MR) is 220 cm³/mol. The maximum absolute atomic E-state index is 13.6. The van der Waals surface area contributed by atoms with Crippen molar-refractivity contribution in [3.8, 4) is 27.7 Å². The number of carbonyl (C=O) groups excluding carboxylic acids is 3. The number of esters is 2. The molecule has 0 atom stereocenters. The topological polar surface area (TPSA) is 131 Å². The lowest BCUT2D eigenvalue weighted by molar-refractivity contribution is -0.757. The third-order valence-electron chi connectivity index (χ3n) is 8.33. The number of carbonyl (C=O) groups is 3. The zero-order valence-electron chi connectivity index (χ0n) is 30.3. The Balaban J connectivity index is 0.000000228.